The third-order valence-corrected chi connectivity index (χ3v) is 2.48. The third kappa shape index (κ3) is 2.20. The molecule has 6 heteroatoms. The maximum Gasteiger partial charge on any atom is 0.271 e. The molecule has 0 saturated carbocycles. The summed E-state index contributed by atoms with van der Waals surface area (Å²) in [7, 11) is 0. The van der Waals surface area contributed by atoms with Crippen LogP contribution in [0.2, 0.25) is 0 Å². The monoisotopic (exact) mass is 234 g/mol. The Hall–Kier alpha value is -2.11. The van der Waals surface area contributed by atoms with E-state index in [2.05, 4.69) is 15.4 Å². The lowest BCUT2D eigenvalue weighted by atomic mass is 10.2. The zero-order valence-electron chi connectivity index (χ0n) is 9.73. The van der Waals surface area contributed by atoms with Crippen LogP contribution < -0.4 is 10.9 Å². The topological polar surface area (TPSA) is 79.3 Å². The predicted octanol–water partition coefficient (Wildman–Crippen LogP) is 0.295. The van der Waals surface area contributed by atoms with Gasteiger partial charge in [-0.2, -0.15) is 0 Å². The van der Waals surface area contributed by atoms with Gasteiger partial charge in [0.2, 0.25) is 5.91 Å². The van der Waals surface area contributed by atoms with E-state index in [0.29, 0.717) is 11.2 Å². The van der Waals surface area contributed by atoms with Crippen molar-refractivity contribution in [2.24, 2.45) is 5.92 Å². The van der Waals surface area contributed by atoms with Crippen molar-refractivity contribution >= 4 is 11.6 Å². The molecule has 0 radical (unpaired) electrons. The number of carbonyl (C=O) groups is 1. The highest BCUT2D eigenvalue weighted by molar-refractivity contribution is 5.78. The molecular weight excluding hydrogens is 220 g/mol. The maximum atomic E-state index is 11.7. The number of nitrogens with one attached hydrogen (secondary N) is 2. The molecule has 17 heavy (non-hydrogen) atoms. The van der Waals surface area contributed by atoms with Crippen LogP contribution in [0.3, 0.4) is 0 Å². The number of hydrogen-bond donors (Lipinski definition) is 2. The SMILES string of the molecule is CC(C)C(=O)NCc1c(=O)[nH]n2cccnc12. The van der Waals surface area contributed by atoms with Crippen LogP contribution in [0, 0.1) is 5.92 Å². The van der Waals surface area contributed by atoms with Crippen LogP contribution in [0.1, 0.15) is 19.4 Å². The van der Waals surface area contributed by atoms with Crippen LogP contribution in [-0.4, -0.2) is 20.5 Å². The molecule has 0 aliphatic heterocycles. The van der Waals surface area contributed by atoms with Crippen molar-refractivity contribution in [3.8, 4) is 0 Å². The van der Waals surface area contributed by atoms with Crippen LogP contribution in [0.25, 0.3) is 5.65 Å². The molecular formula is C11H14N4O2. The Bertz CT molecular complexity index is 597. The van der Waals surface area contributed by atoms with Gasteiger partial charge >= 0.3 is 0 Å². The van der Waals surface area contributed by atoms with Gasteiger partial charge in [-0.3, -0.25) is 14.7 Å². The lowest BCUT2D eigenvalue weighted by molar-refractivity contribution is -0.124. The van der Waals surface area contributed by atoms with Gasteiger partial charge in [-0.1, -0.05) is 13.8 Å². The molecule has 2 rings (SSSR count). The van der Waals surface area contributed by atoms with Gasteiger partial charge in [-0.15, -0.1) is 0 Å². The molecule has 0 saturated heterocycles. The van der Waals surface area contributed by atoms with E-state index in [-0.39, 0.29) is 23.9 Å². The van der Waals surface area contributed by atoms with E-state index in [4.69, 9.17) is 0 Å². The highest BCUT2D eigenvalue weighted by Crippen LogP contribution is 2.02. The summed E-state index contributed by atoms with van der Waals surface area (Å²) in [6.45, 7) is 3.80. The van der Waals surface area contributed by atoms with Crippen LogP contribution in [0.4, 0.5) is 0 Å². The molecule has 0 spiro atoms. The molecule has 2 aromatic heterocycles. The Kier molecular flexibility index (Phi) is 2.95. The summed E-state index contributed by atoms with van der Waals surface area (Å²) in [6, 6.07) is 1.72. The Balaban J connectivity index is 2.27. The average Bonchev–Trinajstić information content (AvgIpc) is 2.61. The van der Waals surface area contributed by atoms with Gasteiger partial charge in [0, 0.05) is 18.3 Å². The third-order valence-electron chi connectivity index (χ3n) is 2.48. The van der Waals surface area contributed by atoms with Gasteiger partial charge in [0.1, 0.15) is 0 Å². The van der Waals surface area contributed by atoms with Crippen LogP contribution in [0.15, 0.2) is 23.3 Å². The number of aromatic nitrogens is 3. The Morgan fingerprint density at radius 1 is 1.59 bits per heavy atom. The molecule has 90 valence electrons. The average molecular weight is 234 g/mol. The summed E-state index contributed by atoms with van der Waals surface area (Å²) in [5.41, 5.74) is 0.786. The standard InChI is InChI=1S/C11H14N4O2/c1-7(2)10(16)13-6-8-9-12-4-3-5-15(9)14-11(8)17/h3-5,7H,6H2,1-2H3,(H,13,16)(H,14,17). The van der Waals surface area contributed by atoms with E-state index in [1.807, 2.05) is 0 Å². The molecule has 1 amide bonds. The lowest BCUT2D eigenvalue weighted by Crippen LogP contribution is -2.28. The molecule has 2 N–H and O–H groups in total. The van der Waals surface area contributed by atoms with Crippen LogP contribution in [0.5, 0.6) is 0 Å². The first-order chi connectivity index (χ1) is 8.09. The smallest absolute Gasteiger partial charge is 0.271 e. The summed E-state index contributed by atoms with van der Waals surface area (Å²) in [5, 5.41) is 5.33. The quantitative estimate of drug-likeness (QED) is 0.801. The number of amides is 1. The molecule has 0 aliphatic rings. The summed E-state index contributed by atoms with van der Waals surface area (Å²) >= 11 is 0. The van der Waals surface area contributed by atoms with Gasteiger partial charge in [0.15, 0.2) is 5.65 Å². The molecule has 0 bridgehead atoms. The van der Waals surface area contributed by atoms with Crippen molar-refractivity contribution in [3.63, 3.8) is 0 Å². The number of nitrogens with zero attached hydrogens (tertiary/aromatic N) is 2. The van der Waals surface area contributed by atoms with Gasteiger partial charge < -0.3 is 5.32 Å². The molecule has 6 nitrogen and oxygen atoms in total. The number of fused-ring (bicyclic) bond motifs is 1. The fourth-order valence-corrected chi connectivity index (χ4v) is 1.50. The van der Waals surface area contributed by atoms with Crippen LogP contribution >= 0.6 is 0 Å². The minimum absolute atomic E-state index is 0.0836. The fraction of sp³-hybridized carbons (Fsp3) is 0.364. The molecule has 2 aromatic rings. The normalized spacial score (nSPS) is 11.0. The lowest BCUT2D eigenvalue weighted by Gasteiger charge is -2.05. The van der Waals surface area contributed by atoms with Gasteiger partial charge in [-0.05, 0) is 6.07 Å². The second kappa shape index (κ2) is 4.40. The van der Waals surface area contributed by atoms with Crippen molar-refractivity contribution in [1.82, 2.24) is 19.9 Å². The summed E-state index contributed by atoms with van der Waals surface area (Å²) in [5.74, 6) is -0.185. The number of carbonyl (C=O) groups excluding carboxylic acids is 1. The Labute approximate surface area is 97.7 Å². The van der Waals surface area contributed by atoms with E-state index >= 15 is 0 Å². The van der Waals surface area contributed by atoms with E-state index in [9.17, 15) is 9.59 Å². The number of aromatic amines is 1. The van der Waals surface area contributed by atoms with Crippen molar-refractivity contribution in [3.05, 3.63) is 34.4 Å². The zero-order chi connectivity index (χ0) is 12.4. The van der Waals surface area contributed by atoms with Crippen molar-refractivity contribution in [2.45, 2.75) is 20.4 Å². The summed E-state index contributed by atoms with van der Waals surface area (Å²) in [4.78, 5) is 27.2. The Morgan fingerprint density at radius 3 is 3.06 bits per heavy atom. The summed E-state index contributed by atoms with van der Waals surface area (Å²) < 4.78 is 1.54. The summed E-state index contributed by atoms with van der Waals surface area (Å²) in [6.07, 6.45) is 3.31. The molecule has 0 aromatic carbocycles. The van der Waals surface area contributed by atoms with Gasteiger partial charge in [0.05, 0.1) is 12.1 Å². The van der Waals surface area contributed by atoms with Crippen molar-refractivity contribution in [1.29, 1.82) is 0 Å². The highest BCUT2D eigenvalue weighted by Gasteiger charge is 2.12. The van der Waals surface area contributed by atoms with E-state index in [1.54, 1.807) is 36.8 Å². The Morgan fingerprint density at radius 2 is 2.35 bits per heavy atom. The highest BCUT2D eigenvalue weighted by atomic mass is 16.2. The minimum atomic E-state index is -0.229. The van der Waals surface area contributed by atoms with Gasteiger partial charge in [0.25, 0.3) is 5.56 Å². The second-order valence-corrected chi connectivity index (χ2v) is 4.11. The number of hydrogen-bond acceptors (Lipinski definition) is 3. The minimum Gasteiger partial charge on any atom is -0.351 e. The van der Waals surface area contributed by atoms with E-state index in [1.165, 1.54) is 0 Å². The molecule has 0 aliphatic carbocycles. The molecule has 0 atom stereocenters. The fourth-order valence-electron chi connectivity index (χ4n) is 1.50. The second-order valence-electron chi connectivity index (χ2n) is 4.11. The van der Waals surface area contributed by atoms with E-state index in [0.717, 1.165) is 0 Å². The first-order valence-corrected chi connectivity index (χ1v) is 5.41. The zero-order valence-corrected chi connectivity index (χ0v) is 9.73. The predicted molar refractivity (Wildman–Crippen MR) is 62.5 cm³/mol. The number of H-pyrrole nitrogens is 1. The molecule has 0 fully saturated rings. The molecule has 2 heterocycles. The van der Waals surface area contributed by atoms with Crippen LogP contribution in [-0.2, 0) is 11.3 Å². The van der Waals surface area contributed by atoms with Gasteiger partial charge in [-0.25, -0.2) is 9.50 Å². The molecule has 0 unspecified atom stereocenters. The maximum absolute atomic E-state index is 11.7. The van der Waals surface area contributed by atoms with E-state index < -0.39 is 0 Å². The first kappa shape index (κ1) is 11.4. The van der Waals surface area contributed by atoms with Crippen molar-refractivity contribution < 1.29 is 4.79 Å². The largest absolute Gasteiger partial charge is 0.351 e. The number of rotatable bonds is 3. The first-order valence-electron chi connectivity index (χ1n) is 5.41. The van der Waals surface area contributed by atoms with Crippen molar-refractivity contribution in [2.75, 3.05) is 0 Å².